The molecule has 0 aromatic rings. The van der Waals surface area contributed by atoms with Crippen molar-refractivity contribution in [1.82, 2.24) is 0 Å². The number of hydrogen-bond donors (Lipinski definition) is 0. The molecule has 0 fully saturated rings. The van der Waals surface area contributed by atoms with E-state index in [2.05, 4.69) is 15.7 Å². The molecular weight excluding hydrogens is 428 g/mol. The summed E-state index contributed by atoms with van der Waals surface area (Å²) < 4.78 is 0. The van der Waals surface area contributed by atoms with Crippen molar-refractivity contribution in [2.75, 3.05) is 0 Å². The van der Waals surface area contributed by atoms with Gasteiger partial charge in [-0.25, -0.2) is 0 Å². The van der Waals surface area contributed by atoms with Gasteiger partial charge in [0.2, 0.25) is 0 Å². The minimum absolute atomic E-state index is 0. The SMILES string of the molecule is [GeH4].[Pd][Te].[SbH3]. The first kappa shape index (κ1) is 15.8. The van der Waals surface area contributed by atoms with E-state index < -0.39 is 0 Å². The molecule has 32 valence electrons. The maximum absolute atomic E-state index is 2.76. The predicted molar refractivity (Wildman–Crippen MR) is 27.0 cm³/mol. The zero-order valence-corrected chi connectivity index (χ0v) is 9.35. The first-order valence-electron chi connectivity index (χ1n) is 0.129. The Bertz CT molecular complexity index is 8.00. The van der Waals surface area contributed by atoms with Crippen LogP contribution in [0.25, 0.3) is 0 Å². The first-order valence-corrected chi connectivity index (χ1v) is 5.12. The first-order chi connectivity index (χ1) is 1.00. The van der Waals surface area contributed by atoms with E-state index in [1.807, 2.05) is 0 Å². The number of hydrogen-bond acceptors (Lipinski definition) is 0. The minimum atomic E-state index is 0. The van der Waals surface area contributed by atoms with Gasteiger partial charge in [-0.05, 0) is 0 Å². The van der Waals surface area contributed by atoms with E-state index in [1.54, 1.807) is 19.2 Å². The Hall–Kier alpha value is 2.81. The molecule has 0 aliphatic carbocycles. The van der Waals surface area contributed by atoms with E-state index in [4.69, 9.17) is 0 Å². The van der Waals surface area contributed by atoms with Crippen LogP contribution in [0, 0.1) is 0 Å². The molecular formula is H7GePdSbTe. The van der Waals surface area contributed by atoms with Gasteiger partial charge in [0.15, 0.2) is 0 Å². The van der Waals surface area contributed by atoms with Crippen molar-refractivity contribution in [2.24, 2.45) is 0 Å². The van der Waals surface area contributed by atoms with Gasteiger partial charge in [0.05, 0.1) is 0 Å². The van der Waals surface area contributed by atoms with Crippen molar-refractivity contribution >= 4 is 61.3 Å². The van der Waals surface area contributed by atoms with Crippen LogP contribution in [-0.2, 0) is 15.7 Å². The molecule has 4 heavy (non-hydrogen) atoms. The van der Waals surface area contributed by atoms with Gasteiger partial charge in [-0.2, -0.15) is 0 Å². The topological polar surface area (TPSA) is 0 Å². The van der Waals surface area contributed by atoms with Gasteiger partial charge in [0.25, 0.3) is 0 Å². The zero-order valence-electron chi connectivity index (χ0n) is 1.43. The van der Waals surface area contributed by atoms with Crippen LogP contribution in [0.3, 0.4) is 0 Å². The molecule has 0 aliphatic rings. The Morgan fingerprint density at radius 2 is 1.25 bits per heavy atom. The Kier molecular flexibility index (Phi) is 67.4. The predicted octanol–water partition coefficient (Wildman–Crippen LogP) is -3.02. The second-order valence-corrected chi connectivity index (χ2v) is 0. The molecule has 0 saturated carbocycles. The molecule has 0 spiro atoms. The maximum atomic E-state index is 2.76. The standard InChI is InChI=1S/GeH4.Pd.Sb.Te.3H/h1H4;;;;;;. The molecule has 0 aromatic heterocycles. The van der Waals surface area contributed by atoms with Crippen molar-refractivity contribution in [1.29, 1.82) is 0 Å². The number of rotatable bonds is 0. The van der Waals surface area contributed by atoms with Crippen LogP contribution < -0.4 is 0 Å². The van der Waals surface area contributed by atoms with Gasteiger partial charge < -0.3 is 0 Å². The fraction of sp³-hybridized carbons (Fsp3) is 0. The molecule has 0 bridgehead atoms. The van der Waals surface area contributed by atoms with Crippen LogP contribution in [-0.4, -0.2) is 61.3 Å². The summed E-state index contributed by atoms with van der Waals surface area (Å²) in [5.41, 5.74) is 0. The molecule has 0 aromatic carbocycles. The molecule has 0 N–H and O–H groups in total. The summed E-state index contributed by atoms with van der Waals surface area (Å²) in [6.07, 6.45) is 0. The summed E-state index contributed by atoms with van der Waals surface area (Å²) in [7, 11) is 0. The quantitative estimate of drug-likeness (QED) is 0.356. The molecule has 0 heterocycles. The van der Waals surface area contributed by atoms with Crippen molar-refractivity contribution in [3.63, 3.8) is 0 Å². The Morgan fingerprint density at radius 3 is 1.25 bits per heavy atom. The fourth-order valence-electron chi connectivity index (χ4n) is 0. The normalized spacial score (nSPS) is 1.75. The Labute approximate surface area is 75.5 Å². The molecule has 0 nitrogen and oxygen atoms in total. The molecule has 0 rings (SSSR count). The molecule has 1 radical (unpaired) electrons. The van der Waals surface area contributed by atoms with E-state index in [0.717, 1.165) is 0 Å². The monoisotopic (exact) mass is 438 g/mol. The summed E-state index contributed by atoms with van der Waals surface area (Å²) >= 11 is 4.56. The van der Waals surface area contributed by atoms with Crippen molar-refractivity contribution in [3.8, 4) is 0 Å². The second kappa shape index (κ2) is 17.0. The third-order valence-corrected chi connectivity index (χ3v) is 0. The molecule has 4 heteroatoms. The van der Waals surface area contributed by atoms with Crippen molar-refractivity contribution in [3.05, 3.63) is 0 Å². The van der Waals surface area contributed by atoms with Crippen molar-refractivity contribution < 1.29 is 15.7 Å². The van der Waals surface area contributed by atoms with E-state index in [-0.39, 0.29) is 42.0 Å². The van der Waals surface area contributed by atoms with Crippen LogP contribution in [0.15, 0.2) is 0 Å². The van der Waals surface area contributed by atoms with Gasteiger partial charge in [-0.1, -0.05) is 0 Å². The van der Waals surface area contributed by atoms with Crippen LogP contribution in [0.5, 0.6) is 0 Å². The van der Waals surface area contributed by atoms with E-state index in [1.165, 1.54) is 0 Å². The van der Waals surface area contributed by atoms with E-state index in [0.29, 0.717) is 0 Å². The third kappa shape index (κ3) is 8.84. The van der Waals surface area contributed by atoms with E-state index >= 15 is 0 Å². The van der Waals surface area contributed by atoms with Crippen LogP contribution in [0.2, 0.25) is 0 Å². The summed E-state index contributed by atoms with van der Waals surface area (Å²) in [6, 6.07) is 0. The van der Waals surface area contributed by atoms with Crippen LogP contribution >= 0.6 is 0 Å². The van der Waals surface area contributed by atoms with Crippen LogP contribution in [0.4, 0.5) is 0 Å². The Morgan fingerprint density at radius 1 is 1.25 bits per heavy atom. The summed E-state index contributed by atoms with van der Waals surface area (Å²) in [6.45, 7) is 0. The fourth-order valence-corrected chi connectivity index (χ4v) is 0. The van der Waals surface area contributed by atoms with Gasteiger partial charge in [-0.15, -0.1) is 0 Å². The molecule has 0 aliphatic heterocycles. The van der Waals surface area contributed by atoms with Gasteiger partial charge in [0.1, 0.15) is 0 Å². The summed E-state index contributed by atoms with van der Waals surface area (Å²) in [4.78, 5) is 0. The average Bonchev–Trinajstić information content (AvgIpc) is 1.00. The van der Waals surface area contributed by atoms with Crippen molar-refractivity contribution in [2.45, 2.75) is 0 Å². The van der Waals surface area contributed by atoms with Gasteiger partial charge >= 0.3 is 76.9 Å². The zero-order chi connectivity index (χ0) is 2.00. The van der Waals surface area contributed by atoms with E-state index in [9.17, 15) is 0 Å². The Balaban J connectivity index is -0.00000000500. The van der Waals surface area contributed by atoms with Crippen LogP contribution in [0.1, 0.15) is 0 Å². The molecule has 0 saturated heterocycles. The second-order valence-electron chi connectivity index (χ2n) is 0. The molecule has 0 atom stereocenters. The van der Waals surface area contributed by atoms with Gasteiger partial charge in [0, 0.05) is 0 Å². The summed E-state index contributed by atoms with van der Waals surface area (Å²) in [5.74, 6) is 0. The van der Waals surface area contributed by atoms with Gasteiger partial charge in [-0.3, -0.25) is 0 Å². The third-order valence-electron chi connectivity index (χ3n) is 0. The molecule has 0 unspecified atom stereocenters. The average molecular weight is 435 g/mol. The summed E-state index contributed by atoms with van der Waals surface area (Å²) in [5, 5.41) is 0. The molecule has 0 amide bonds.